The zero-order valence-corrected chi connectivity index (χ0v) is 32.1. The van der Waals surface area contributed by atoms with Crippen LogP contribution in [0.15, 0.2) is 50.2 Å². The summed E-state index contributed by atoms with van der Waals surface area (Å²) in [7, 11) is 0. The molecule has 0 aliphatic carbocycles. The minimum atomic E-state index is -0.705. The number of fused-ring (bicyclic) bond motifs is 2. The molecule has 0 atom stereocenters. The Kier molecular flexibility index (Phi) is 18.1. The quantitative estimate of drug-likeness (QED) is 0.0241. The molecular weight excluding hydrogens is 697 g/mol. The SMILES string of the molecule is CCCCCCCCCCCCSc1c2c(cc3c1SC(=C(C(=O)OCC)C(=O)OCC)S3)SC(=C(C(=O)OCC)C(=O)OCC)S2. The molecule has 1 aromatic carbocycles. The van der Waals surface area contributed by atoms with Crippen LogP contribution in [0.2, 0.25) is 0 Å². The topological polar surface area (TPSA) is 105 Å². The molecule has 1 aromatic rings. The number of unbranched alkanes of at least 4 members (excludes halogenated alkanes) is 9. The van der Waals surface area contributed by atoms with Gasteiger partial charge in [0.2, 0.25) is 0 Å². The zero-order chi connectivity index (χ0) is 34.2. The number of thioether (sulfide) groups is 5. The Bertz CT molecular complexity index is 1220. The van der Waals surface area contributed by atoms with E-state index in [1.54, 1.807) is 39.5 Å². The molecule has 2 heterocycles. The molecule has 2 aliphatic rings. The number of benzene rings is 1. The molecular formula is C34H46O8S5. The molecule has 13 heteroatoms. The van der Waals surface area contributed by atoms with Gasteiger partial charge in [-0.1, -0.05) is 112 Å². The van der Waals surface area contributed by atoms with Gasteiger partial charge < -0.3 is 18.9 Å². The Morgan fingerprint density at radius 1 is 0.532 bits per heavy atom. The summed E-state index contributed by atoms with van der Waals surface area (Å²) in [5, 5.41) is 0. The highest BCUT2D eigenvalue weighted by Crippen LogP contribution is 2.63. The van der Waals surface area contributed by atoms with Crippen molar-refractivity contribution in [3.8, 4) is 0 Å². The lowest BCUT2D eigenvalue weighted by Crippen LogP contribution is -2.19. The van der Waals surface area contributed by atoms with Crippen molar-refractivity contribution in [1.82, 2.24) is 0 Å². The van der Waals surface area contributed by atoms with Crippen LogP contribution in [0, 0.1) is 0 Å². The molecule has 0 unspecified atom stereocenters. The molecule has 0 spiro atoms. The molecule has 8 nitrogen and oxygen atoms in total. The van der Waals surface area contributed by atoms with E-state index in [-0.39, 0.29) is 37.6 Å². The Morgan fingerprint density at radius 3 is 1.26 bits per heavy atom. The van der Waals surface area contributed by atoms with Gasteiger partial charge in [-0.2, -0.15) is 0 Å². The second-order valence-electron chi connectivity index (χ2n) is 10.5. The van der Waals surface area contributed by atoms with Crippen molar-refractivity contribution in [1.29, 1.82) is 0 Å². The van der Waals surface area contributed by atoms with Crippen LogP contribution >= 0.6 is 58.8 Å². The van der Waals surface area contributed by atoms with Crippen molar-refractivity contribution in [3.63, 3.8) is 0 Å². The maximum Gasteiger partial charge on any atom is 0.347 e. The summed E-state index contributed by atoms with van der Waals surface area (Å²) in [5.41, 5.74) is -0.197. The predicted molar refractivity (Wildman–Crippen MR) is 193 cm³/mol. The number of hydrogen-bond donors (Lipinski definition) is 0. The summed E-state index contributed by atoms with van der Waals surface area (Å²) >= 11 is 7.14. The van der Waals surface area contributed by atoms with E-state index in [0.717, 1.165) is 43.1 Å². The van der Waals surface area contributed by atoms with Crippen molar-refractivity contribution >= 4 is 82.7 Å². The highest BCUT2D eigenvalue weighted by molar-refractivity contribution is 8.26. The molecule has 260 valence electrons. The Balaban J connectivity index is 1.89. The van der Waals surface area contributed by atoms with Crippen molar-refractivity contribution in [2.45, 2.75) is 123 Å². The fraction of sp³-hybridized carbons (Fsp3) is 0.588. The first kappa shape index (κ1) is 39.8. The summed E-state index contributed by atoms with van der Waals surface area (Å²) in [6.07, 6.45) is 12.5. The van der Waals surface area contributed by atoms with E-state index in [1.807, 2.05) is 6.07 Å². The van der Waals surface area contributed by atoms with E-state index < -0.39 is 23.9 Å². The van der Waals surface area contributed by atoms with E-state index in [9.17, 15) is 19.2 Å². The minimum Gasteiger partial charge on any atom is -0.462 e. The number of carbonyl (C=O) groups excluding carboxylic acids is 4. The van der Waals surface area contributed by atoms with E-state index >= 15 is 0 Å². The molecule has 47 heavy (non-hydrogen) atoms. The van der Waals surface area contributed by atoms with Crippen LogP contribution in [0.25, 0.3) is 0 Å². The second-order valence-corrected chi connectivity index (χ2v) is 16.3. The summed E-state index contributed by atoms with van der Waals surface area (Å²) in [5.74, 6) is -1.93. The lowest BCUT2D eigenvalue weighted by Gasteiger charge is -2.12. The first-order chi connectivity index (χ1) is 22.8. The standard InChI is InChI=1S/C34H46O8S5/c1-6-11-12-13-14-15-16-17-18-19-20-43-28-26-22(44-33(46-26)24(29(35)39-7-2)30(36)40-8-3)21-23-27(28)47-34(45-23)25(31(37)41-9-4)32(38)42-10-5/h21H,6-20H2,1-5H3. The first-order valence-electron chi connectivity index (χ1n) is 16.5. The van der Waals surface area contributed by atoms with Crippen LogP contribution in [0.4, 0.5) is 0 Å². The molecule has 0 N–H and O–H groups in total. The van der Waals surface area contributed by atoms with Crippen molar-refractivity contribution in [2.24, 2.45) is 0 Å². The number of carbonyl (C=O) groups is 4. The number of ether oxygens (including phenoxy) is 4. The van der Waals surface area contributed by atoms with E-state index in [2.05, 4.69) is 6.92 Å². The molecule has 0 radical (unpaired) electrons. The fourth-order valence-corrected chi connectivity index (χ4v) is 11.8. The third kappa shape index (κ3) is 11.4. The van der Waals surface area contributed by atoms with Gasteiger partial charge in [0.15, 0.2) is 11.1 Å². The van der Waals surface area contributed by atoms with Crippen LogP contribution in [0.5, 0.6) is 0 Å². The summed E-state index contributed by atoms with van der Waals surface area (Å²) in [6.45, 7) is 9.57. The van der Waals surface area contributed by atoms with Crippen molar-refractivity contribution in [2.75, 3.05) is 32.2 Å². The van der Waals surface area contributed by atoms with Crippen LogP contribution in [-0.2, 0) is 38.1 Å². The maximum atomic E-state index is 12.9. The molecule has 0 saturated carbocycles. The molecule has 0 amide bonds. The van der Waals surface area contributed by atoms with Gasteiger partial charge in [0.05, 0.1) is 34.9 Å². The van der Waals surface area contributed by atoms with E-state index in [0.29, 0.717) is 8.47 Å². The lowest BCUT2D eigenvalue weighted by molar-refractivity contribution is -0.148. The Hall–Kier alpha value is -1.67. The summed E-state index contributed by atoms with van der Waals surface area (Å²) < 4.78 is 22.0. The second kappa shape index (κ2) is 21.4. The third-order valence-corrected chi connectivity index (χ3v) is 13.6. The maximum absolute atomic E-state index is 12.9. The molecule has 0 fully saturated rings. The average molecular weight is 743 g/mol. The molecule has 0 bridgehead atoms. The van der Waals surface area contributed by atoms with E-state index in [1.165, 1.54) is 98.4 Å². The highest BCUT2D eigenvalue weighted by Gasteiger charge is 2.38. The van der Waals surface area contributed by atoms with Crippen LogP contribution in [0.1, 0.15) is 98.8 Å². The molecule has 0 saturated heterocycles. The van der Waals surface area contributed by atoms with Crippen molar-refractivity contribution in [3.05, 3.63) is 25.7 Å². The third-order valence-electron chi connectivity index (χ3n) is 6.99. The van der Waals surface area contributed by atoms with Gasteiger partial charge in [0, 0.05) is 24.5 Å². The van der Waals surface area contributed by atoms with Gasteiger partial charge in [-0.15, -0.1) is 11.8 Å². The molecule has 3 rings (SSSR count). The molecule has 0 aromatic heterocycles. The first-order valence-corrected chi connectivity index (χ1v) is 20.8. The smallest absolute Gasteiger partial charge is 0.347 e. The van der Waals surface area contributed by atoms with Gasteiger partial charge in [-0.3, -0.25) is 0 Å². The van der Waals surface area contributed by atoms with Crippen molar-refractivity contribution < 1.29 is 38.1 Å². The van der Waals surface area contributed by atoms with Gasteiger partial charge in [-0.05, 0) is 45.9 Å². The summed E-state index contributed by atoms with van der Waals surface area (Å²) in [4.78, 5) is 56.3. The molecule has 2 aliphatic heterocycles. The van der Waals surface area contributed by atoms with Gasteiger partial charge in [0.1, 0.15) is 0 Å². The number of hydrogen-bond acceptors (Lipinski definition) is 13. The van der Waals surface area contributed by atoms with Crippen LogP contribution < -0.4 is 0 Å². The highest BCUT2D eigenvalue weighted by atomic mass is 32.2. The van der Waals surface area contributed by atoms with Gasteiger partial charge >= 0.3 is 23.9 Å². The fourth-order valence-electron chi connectivity index (χ4n) is 4.76. The minimum absolute atomic E-state index is 0.0986. The number of rotatable bonds is 20. The van der Waals surface area contributed by atoms with Crippen LogP contribution in [0.3, 0.4) is 0 Å². The predicted octanol–water partition coefficient (Wildman–Crippen LogP) is 9.77. The monoisotopic (exact) mass is 742 g/mol. The van der Waals surface area contributed by atoms with Gasteiger partial charge in [0.25, 0.3) is 0 Å². The van der Waals surface area contributed by atoms with Gasteiger partial charge in [-0.25, -0.2) is 19.2 Å². The summed E-state index contributed by atoms with van der Waals surface area (Å²) in [6, 6.07) is 1.99. The van der Waals surface area contributed by atoms with E-state index in [4.69, 9.17) is 18.9 Å². The number of esters is 4. The average Bonchev–Trinajstić information content (AvgIpc) is 3.64. The zero-order valence-electron chi connectivity index (χ0n) is 28.0. The lowest BCUT2D eigenvalue weighted by atomic mass is 10.1. The largest absolute Gasteiger partial charge is 0.462 e. The van der Waals surface area contributed by atoms with Crippen LogP contribution in [-0.4, -0.2) is 56.1 Å². The normalized spacial score (nSPS) is 13.2. The Labute approximate surface area is 300 Å². The Morgan fingerprint density at radius 2 is 0.894 bits per heavy atom.